The summed E-state index contributed by atoms with van der Waals surface area (Å²) in [5, 5.41) is 20.4. The first kappa shape index (κ1) is 59.7. The number of hydrogen-bond acceptors (Lipinski definition) is 4. The van der Waals surface area contributed by atoms with Crippen molar-refractivity contribution in [3.05, 3.63) is 24.3 Å². The zero-order valence-corrected chi connectivity index (χ0v) is 39.0. The molecule has 1 unspecified atom stereocenters. The maximum atomic E-state index is 10.3. The van der Waals surface area contributed by atoms with Crippen molar-refractivity contribution in [1.29, 1.82) is 0 Å². The summed E-state index contributed by atoms with van der Waals surface area (Å²) in [6.45, 7) is 10.0. The van der Waals surface area contributed by atoms with Gasteiger partial charge in [0.2, 0.25) is 0 Å². The Hall–Kier alpha value is -1.66. The minimum atomic E-state index is -0.664. The summed E-state index contributed by atoms with van der Waals surface area (Å²) in [6, 6.07) is 0. The zero-order valence-electron chi connectivity index (χ0n) is 39.0. The highest BCUT2D eigenvalue weighted by atomic mass is 16.4. The van der Waals surface area contributed by atoms with Gasteiger partial charge in [0.25, 0.3) is 0 Å². The number of unbranched alkanes of at least 4 members (excludes halogenated alkanes) is 31. The van der Waals surface area contributed by atoms with Gasteiger partial charge in [0, 0.05) is 12.8 Å². The Morgan fingerprint density at radius 3 is 0.912 bits per heavy atom. The van der Waals surface area contributed by atoms with Crippen molar-refractivity contribution < 1.29 is 19.8 Å². The molecule has 1 atom stereocenters. The van der Waals surface area contributed by atoms with Crippen LogP contribution in [0.15, 0.2) is 24.3 Å². The number of allylic oxidation sites excluding steroid dienone is 4. The molecule has 0 aliphatic rings. The smallest absolute Gasteiger partial charge is 0.303 e. The van der Waals surface area contributed by atoms with Gasteiger partial charge in [0.1, 0.15) is 0 Å². The Balaban J connectivity index is -0.000000771. The first-order chi connectivity index (χ1) is 27.8. The maximum Gasteiger partial charge on any atom is 0.303 e. The van der Waals surface area contributed by atoms with Gasteiger partial charge in [-0.25, -0.2) is 0 Å². The van der Waals surface area contributed by atoms with Crippen LogP contribution in [0.3, 0.4) is 0 Å². The van der Waals surface area contributed by atoms with Crippen LogP contribution in [0.4, 0.5) is 0 Å². The quantitative estimate of drug-likeness (QED) is 0.0277. The second-order valence-corrected chi connectivity index (χ2v) is 16.6. The lowest BCUT2D eigenvalue weighted by atomic mass is 10.1. The Bertz CT molecular complexity index is 765. The molecule has 0 rings (SSSR count). The summed E-state index contributed by atoms with van der Waals surface area (Å²) in [5.41, 5.74) is 5.78. The van der Waals surface area contributed by atoms with Gasteiger partial charge in [0.15, 0.2) is 0 Å². The van der Waals surface area contributed by atoms with Crippen molar-refractivity contribution in [2.24, 2.45) is 5.73 Å². The number of carboxylic acids is 2. The van der Waals surface area contributed by atoms with Crippen molar-refractivity contribution in [3.8, 4) is 0 Å². The largest absolute Gasteiger partial charge is 0.481 e. The number of nitrogens with two attached hydrogens (primary N) is 1. The van der Waals surface area contributed by atoms with Crippen molar-refractivity contribution in [2.45, 2.75) is 284 Å². The van der Waals surface area contributed by atoms with E-state index < -0.39 is 11.9 Å². The standard InChI is InChI=1S/2C18H34O2.C15H34N2/c2*1-2-3-4-5-6-7-8-9-10-11-12-13-14-15-16-17-18(19)20;1-3-5-6-7-8-9-10-11-12-13-14-17-15(16)4-2/h2*9-10H,2-8,11-17H2,1H3,(H,19,20);15,17H,3-14,16H2,1-2H3/b2*10-9-;. The molecule has 6 nitrogen and oxygen atoms in total. The van der Waals surface area contributed by atoms with Crippen LogP contribution < -0.4 is 11.1 Å². The fourth-order valence-electron chi connectivity index (χ4n) is 6.74. The Kier molecular flexibility index (Phi) is 59.1. The third kappa shape index (κ3) is 66.4. The number of hydrogen-bond donors (Lipinski definition) is 4. The third-order valence-electron chi connectivity index (χ3n) is 10.7. The van der Waals surface area contributed by atoms with Crippen molar-refractivity contribution in [3.63, 3.8) is 0 Å². The highest BCUT2D eigenvalue weighted by Gasteiger charge is 1.98. The SMILES string of the molecule is CCCCCCCC/C=C\CCCCCCCC(=O)O.CCCCCCCC/C=C\CCCCCCCC(=O)O.CCCCCCCCCCCCNC(N)CC. The highest BCUT2D eigenvalue weighted by molar-refractivity contribution is 5.66. The second kappa shape index (κ2) is 56.4. The molecule has 6 heteroatoms. The Morgan fingerprint density at radius 2 is 0.649 bits per heavy atom. The Labute approximate surface area is 356 Å². The third-order valence-corrected chi connectivity index (χ3v) is 10.7. The van der Waals surface area contributed by atoms with E-state index in [1.807, 2.05) is 0 Å². The molecule has 0 amide bonds. The lowest BCUT2D eigenvalue weighted by Gasteiger charge is -2.10. The molecule has 0 bridgehead atoms. The Morgan fingerprint density at radius 1 is 0.404 bits per heavy atom. The number of carboxylic acid groups (broad SMARTS) is 2. The summed E-state index contributed by atoms with van der Waals surface area (Å²) in [4.78, 5) is 20.6. The van der Waals surface area contributed by atoms with Crippen LogP contribution in [0.2, 0.25) is 0 Å². The van der Waals surface area contributed by atoms with Crippen molar-refractivity contribution in [1.82, 2.24) is 5.32 Å². The summed E-state index contributed by atoms with van der Waals surface area (Å²) in [7, 11) is 0. The van der Waals surface area contributed by atoms with Crippen LogP contribution in [0.5, 0.6) is 0 Å². The first-order valence-electron chi connectivity index (χ1n) is 25.1. The summed E-state index contributed by atoms with van der Waals surface area (Å²) in [6.07, 6.45) is 57.7. The molecule has 340 valence electrons. The van der Waals surface area contributed by atoms with Gasteiger partial charge in [-0.1, -0.05) is 213 Å². The molecule has 0 spiro atoms. The monoisotopic (exact) mass is 807 g/mol. The molecule has 0 fully saturated rings. The molecule has 0 aromatic rings. The van der Waals surface area contributed by atoms with E-state index in [0.717, 1.165) is 38.6 Å². The second-order valence-electron chi connectivity index (χ2n) is 16.6. The van der Waals surface area contributed by atoms with Gasteiger partial charge in [-0.05, 0) is 83.6 Å². The summed E-state index contributed by atoms with van der Waals surface area (Å²) in [5.74, 6) is -1.33. The number of rotatable bonds is 43. The predicted octanol–water partition coefficient (Wildman–Crippen LogP) is 16.4. The van der Waals surface area contributed by atoms with Crippen LogP contribution in [-0.4, -0.2) is 34.9 Å². The fourth-order valence-corrected chi connectivity index (χ4v) is 6.74. The van der Waals surface area contributed by atoms with Crippen molar-refractivity contribution >= 4 is 11.9 Å². The molecule has 0 aromatic heterocycles. The lowest BCUT2D eigenvalue weighted by Crippen LogP contribution is -2.37. The van der Waals surface area contributed by atoms with E-state index in [4.69, 9.17) is 15.9 Å². The predicted molar refractivity (Wildman–Crippen MR) is 252 cm³/mol. The van der Waals surface area contributed by atoms with Gasteiger partial charge in [-0.15, -0.1) is 0 Å². The van der Waals surface area contributed by atoms with E-state index in [1.54, 1.807) is 0 Å². The molecule has 0 saturated heterocycles. The fraction of sp³-hybridized carbons (Fsp3) is 0.882. The lowest BCUT2D eigenvalue weighted by molar-refractivity contribution is -0.138. The van der Waals surface area contributed by atoms with Crippen LogP contribution in [0.25, 0.3) is 0 Å². The molecule has 0 saturated carbocycles. The van der Waals surface area contributed by atoms with Gasteiger partial charge in [-0.3, -0.25) is 9.59 Å². The highest BCUT2D eigenvalue weighted by Crippen LogP contribution is 2.12. The molecule has 0 aliphatic heterocycles. The van der Waals surface area contributed by atoms with E-state index in [1.165, 1.54) is 205 Å². The van der Waals surface area contributed by atoms with Gasteiger partial charge < -0.3 is 21.3 Å². The van der Waals surface area contributed by atoms with E-state index in [0.29, 0.717) is 12.8 Å². The normalized spacial score (nSPS) is 11.7. The molecule has 0 heterocycles. The molecule has 0 aromatic carbocycles. The summed E-state index contributed by atoms with van der Waals surface area (Å²) < 4.78 is 0. The molecular formula is C51H102N2O4. The van der Waals surface area contributed by atoms with E-state index in [2.05, 4.69) is 57.3 Å². The van der Waals surface area contributed by atoms with Gasteiger partial charge >= 0.3 is 11.9 Å². The van der Waals surface area contributed by atoms with Crippen LogP contribution in [-0.2, 0) is 9.59 Å². The first-order valence-corrected chi connectivity index (χ1v) is 25.1. The molecule has 5 N–H and O–H groups in total. The van der Waals surface area contributed by atoms with Gasteiger partial charge in [0.05, 0.1) is 6.17 Å². The number of aliphatic carboxylic acids is 2. The average molecular weight is 807 g/mol. The van der Waals surface area contributed by atoms with E-state index in [-0.39, 0.29) is 6.17 Å². The number of carbonyl (C=O) groups is 2. The summed E-state index contributed by atoms with van der Waals surface area (Å²) >= 11 is 0. The zero-order chi connectivity index (χ0) is 42.6. The van der Waals surface area contributed by atoms with Crippen LogP contribution in [0.1, 0.15) is 278 Å². The minimum Gasteiger partial charge on any atom is -0.481 e. The van der Waals surface area contributed by atoms with E-state index >= 15 is 0 Å². The topological polar surface area (TPSA) is 113 Å². The maximum absolute atomic E-state index is 10.3. The van der Waals surface area contributed by atoms with Crippen molar-refractivity contribution in [2.75, 3.05) is 6.54 Å². The van der Waals surface area contributed by atoms with Crippen LogP contribution in [0, 0.1) is 0 Å². The molecule has 0 aliphatic carbocycles. The van der Waals surface area contributed by atoms with Crippen LogP contribution >= 0.6 is 0 Å². The average Bonchev–Trinajstić information content (AvgIpc) is 3.20. The minimum absolute atomic E-state index is 0.202. The molecular weight excluding hydrogens is 705 g/mol. The van der Waals surface area contributed by atoms with E-state index in [9.17, 15) is 9.59 Å². The molecule has 0 radical (unpaired) electrons. The molecule has 57 heavy (non-hydrogen) atoms. The number of nitrogens with one attached hydrogen (secondary N) is 1. The van der Waals surface area contributed by atoms with Gasteiger partial charge in [-0.2, -0.15) is 0 Å².